The first-order valence-electron chi connectivity index (χ1n) is 6.83. The Hall–Kier alpha value is -2.11. The zero-order chi connectivity index (χ0) is 16.6. The predicted molar refractivity (Wildman–Crippen MR) is 75.6 cm³/mol. The van der Waals surface area contributed by atoms with Crippen LogP contribution in [0.3, 0.4) is 0 Å². The van der Waals surface area contributed by atoms with Gasteiger partial charge in [0, 0.05) is 12.8 Å². The number of hydrogen-bond donors (Lipinski definition) is 0. The van der Waals surface area contributed by atoms with E-state index in [2.05, 4.69) is 54.1 Å². The number of halogens is 3. The molecule has 0 atom stereocenters. The van der Waals surface area contributed by atoms with E-state index < -0.39 is 12.1 Å². The van der Waals surface area contributed by atoms with Crippen LogP contribution in [0.1, 0.15) is 18.4 Å². The van der Waals surface area contributed by atoms with Crippen LogP contribution in [0.5, 0.6) is 0 Å². The van der Waals surface area contributed by atoms with Crippen molar-refractivity contribution in [2.45, 2.75) is 25.4 Å². The average molecular weight is 313 g/mol. The van der Waals surface area contributed by atoms with E-state index in [0.29, 0.717) is 0 Å². The van der Waals surface area contributed by atoms with Gasteiger partial charge in [-0.15, -0.1) is 0 Å². The fourth-order valence-electron chi connectivity index (χ4n) is 1.96. The molecule has 0 aliphatic carbocycles. The second-order valence-electron chi connectivity index (χ2n) is 4.89. The van der Waals surface area contributed by atoms with Crippen molar-refractivity contribution in [3.05, 3.63) is 48.0 Å². The molecule has 0 amide bonds. The number of aliphatic carboxylic acids is 1. The molecule has 6 heteroatoms. The number of carboxylic acid groups (broad SMARTS) is 1. The largest absolute Gasteiger partial charge is 0.542 e. The van der Waals surface area contributed by atoms with Gasteiger partial charge in [0.1, 0.15) is 13.0 Å². The van der Waals surface area contributed by atoms with Crippen LogP contribution < -0.4 is 5.11 Å². The maximum absolute atomic E-state index is 10.5. The Morgan fingerprint density at radius 1 is 1.18 bits per heavy atom. The number of alkyl halides is 3. The number of carbonyl (C=O) groups excluding carboxylic acids is 1. The van der Waals surface area contributed by atoms with E-state index in [0.717, 1.165) is 19.4 Å². The van der Waals surface area contributed by atoms with E-state index in [4.69, 9.17) is 9.90 Å². The van der Waals surface area contributed by atoms with Crippen molar-refractivity contribution in [1.82, 2.24) is 0 Å². The standard InChI is InChI=1S/C14H18N.C2HF3O2/c1-15-12-6-5-9-14(15)11-10-13-7-3-2-4-8-13;3-2(4,5)1(6)7/h2-8H,9-12H2,1H3;(H,6,7)/q+1;/p-1. The fraction of sp³-hybridized carbons (Fsp3) is 0.375. The number of hydrogen-bond acceptors (Lipinski definition) is 2. The predicted octanol–water partition coefficient (Wildman–Crippen LogP) is 1.96. The van der Waals surface area contributed by atoms with Gasteiger partial charge in [-0.3, -0.25) is 0 Å². The highest BCUT2D eigenvalue weighted by Crippen LogP contribution is 2.11. The van der Waals surface area contributed by atoms with Gasteiger partial charge >= 0.3 is 6.18 Å². The van der Waals surface area contributed by atoms with Crippen LogP contribution in [0.2, 0.25) is 0 Å². The van der Waals surface area contributed by atoms with E-state index in [9.17, 15) is 13.2 Å². The molecule has 1 aliphatic heterocycles. The Bertz CT molecular complexity index is 548. The molecule has 0 fully saturated rings. The molecule has 0 aromatic heterocycles. The minimum atomic E-state index is -5.19. The lowest BCUT2D eigenvalue weighted by molar-refractivity contribution is -0.490. The summed E-state index contributed by atoms with van der Waals surface area (Å²) < 4.78 is 33.9. The monoisotopic (exact) mass is 313 g/mol. The first kappa shape index (κ1) is 17.9. The summed E-state index contributed by atoms with van der Waals surface area (Å²) in [4.78, 5) is 8.78. The summed E-state index contributed by atoms with van der Waals surface area (Å²) >= 11 is 0. The number of allylic oxidation sites excluding steroid dienone is 1. The molecule has 0 radical (unpaired) electrons. The maximum atomic E-state index is 10.5. The molecule has 1 aliphatic rings. The maximum Gasteiger partial charge on any atom is 0.430 e. The molecule has 0 bridgehead atoms. The third-order valence-corrected chi connectivity index (χ3v) is 3.22. The second kappa shape index (κ2) is 8.36. The van der Waals surface area contributed by atoms with Crippen LogP contribution >= 0.6 is 0 Å². The summed E-state index contributed by atoms with van der Waals surface area (Å²) in [6, 6.07) is 10.7. The summed E-state index contributed by atoms with van der Waals surface area (Å²) in [7, 11) is 2.18. The van der Waals surface area contributed by atoms with Gasteiger partial charge in [-0.25, -0.2) is 4.58 Å². The third-order valence-electron chi connectivity index (χ3n) is 3.22. The topological polar surface area (TPSA) is 43.1 Å². The second-order valence-corrected chi connectivity index (χ2v) is 4.89. The normalized spacial score (nSPS) is 14.4. The molecular formula is C16H18F3NO2. The molecule has 2 rings (SSSR count). The van der Waals surface area contributed by atoms with E-state index in [1.165, 1.54) is 12.0 Å². The zero-order valence-electron chi connectivity index (χ0n) is 12.3. The number of benzene rings is 1. The number of carbonyl (C=O) groups is 1. The Labute approximate surface area is 127 Å². The number of likely N-dealkylation sites (N-methyl/N-ethyl adjacent to an activating group) is 1. The van der Waals surface area contributed by atoms with Crippen LogP contribution in [0.15, 0.2) is 42.5 Å². The molecule has 0 spiro atoms. The molecular weight excluding hydrogens is 295 g/mol. The van der Waals surface area contributed by atoms with Gasteiger partial charge in [0.25, 0.3) is 0 Å². The highest BCUT2D eigenvalue weighted by molar-refractivity contribution is 5.81. The first-order chi connectivity index (χ1) is 10.3. The van der Waals surface area contributed by atoms with Gasteiger partial charge < -0.3 is 9.90 Å². The molecule has 3 nitrogen and oxygen atoms in total. The Balaban J connectivity index is 0.000000295. The van der Waals surface area contributed by atoms with Crippen molar-refractivity contribution in [3.8, 4) is 0 Å². The Morgan fingerprint density at radius 2 is 1.77 bits per heavy atom. The molecule has 0 saturated carbocycles. The summed E-state index contributed by atoms with van der Waals surface area (Å²) in [5.74, 6) is -3.01. The van der Waals surface area contributed by atoms with Gasteiger partial charge in [0.05, 0.1) is 0 Å². The van der Waals surface area contributed by atoms with Gasteiger partial charge in [-0.1, -0.05) is 36.4 Å². The van der Waals surface area contributed by atoms with Gasteiger partial charge in [0.2, 0.25) is 0 Å². The highest BCUT2D eigenvalue weighted by atomic mass is 19.4. The highest BCUT2D eigenvalue weighted by Gasteiger charge is 2.28. The number of nitrogens with zero attached hydrogens (tertiary/aromatic N) is 1. The molecule has 1 aromatic carbocycles. The van der Waals surface area contributed by atoms with Crippen LogP contribution in [0.4, 0.5) is 13.2 Å². The smallest absolute Gasteiger partial charge is 0.430 e. The minimum Gasteiger partial charge on any atom is -0.542 e. The van der Waals surface area contributed by atoms with Gasteiger partial charge in [0.15, 0.2) is 12.3 Å². The Kier molecular flexibility index (Phi) is 6.82. The van der Waals surface area contributed by atoms with Gasteiger partial charge in [-0.05, 0) is 18.1 Å². The molecule has 22 heavy (non-hydrogen) atoms. The quantitative estimate of drug-likeness (QED) is 0.632. The van der Waals surface area contributed by atoms with Gasteiger partial charge in [-0.2, -0.15) is 13.2 Å². The van der Waals surface area contributed by atoms with E-state index in [-0.39, 0.29) is 0 Å². The van der Waals surface area contributed by atoms with Crippen LogP contribution in [0, 0.1) is 0 Å². The first-order valence-corrected chi connectivity index (χ1v) is 6.83. The lowest BCUT2D eigenvalue weighted by atomic mass is 10.0. The zero-order valence-corrected chi connectivity index (χ0v) is 12.3. The lowest BCUT2D eigenvalue weighted by Crippen LogP contribution is -2.37. The van der Waals surface area contributed by atoms with Crippen molar-refractivity contribution in [2.24, 2.45) is 0 Å². The summed E-state index contributed by atoms with van der Waals surface area (Å²) in [6.07, 6.45) is 2.80. The molecule has 0 unspecified atom stereocenters. The number of rotatable bonds is 3. The summed E-state index contributed by atoms with van der Waals surface area (Å²) in [6.45, 7) is 1.07. The molecule has 1 heterocycles. The van der Waals surface area contributed by atoms with Crippen LogP contribution in [-0.4, -0.2) is 36.0 Å². The van der Waals surface area contributed by atoms with E-state index >= 15 is 0 Å². The van der Waals surface area contributed by atoms with E-state index in [1.54, 1.807) is 5.71 Å². The van der Waals surface area contributed by atoms with Crippen LogP contribution in [0.25, 0.3) is 0 Å². The van der Waals surface area contributed by atoms with Crippen molar-refractivity contribution < 1.29 is 27.6 Å². The summed E-state index contributed by atoms with van der Waals surface area (Å²) in [5, 5.41) is 8.78. The SMILES string of the molecule is C[N+]1=C(CCc2ccccc2)CC=CC1.O=C([O-])C(F)(F)F. The molecule has 0 N–H and O–H groups in total. The summed E-state index contributed by atoms with van der Waals surface area (Å²) in [5.41, 5.74) is 2.99. The molecule has 120 valence electrons. The number of carboxylic acids is 1. The molecule has 0 saturated heterocycles. The van der Waals surface area contributed by atoms with Crippen molar-refractivity contribution in [3.63, 3.8) is 0 Å². The molecule has 1 aromatic rings. The minimum absolute atomic E-state index is 1.07. The van der Waals surface area contributed by atoms with Crippen molar-refractivity contribution in [2.75, 3.05) is 13.6 Å². The van der Waals surface area contributed by atoms with Crippen LogP contribution in [-0.2, 0) is 11.2 Å². The Morgan fingerprint density at radius 3 is 2.27 bits per heavy atom. The lowest BCUT2D eigenvalue weighted by Gasteiger charge is -2.07. The number of aryl methyl sites for hydroxylation is 1. The average Bonchev–Trinajstić information content (AvgIpc) is 2.47. The van der Waals surface area contributed by atoms with E-state index in [1.807, 2.05) is 0 Å². The van der Waals surface area contributed by atoms with Crippen molar-refractivity contribution >= 4 is 11.7 Å². The fourth-order valence-corrected chi connectivity index (χ4v) is 1.96. The van der Waals surface area contributed by atoms with Crippen molar-refractivity contribution in [1.29, 1.82) is 0 Å². The third kappa shape index (κ3) is 6.56.